The molecule has 4 fully saturated rings. The van der Waals surface area contributed by atoms with E-state index in [1.165, 1.54) is 25.4 Å². The summed E-state index contributed by atoms with van der Waals surface area (Å²) < 4.78 is 36.5. The number of aryl methyl sites for hydroxylation is 1. The molecule has 5 aromatic rings. The maximum absolute atomic E-state index is 16.0. The van der Waals surface area contributed by atoms with Gasteiger partial charge >= 0.3 is 5.69 Å². The molecule has 5 aliphatic rings. The Labute approximate surface area is 343 Å². The van der Waals surface area contributed by atoms with E-state index < -0.39 is 23.9 Å². The Balaban J connectivity index is 0.766. The number of imide groups is 1. The minimum absolute atomic E-state index is 0.168. The number of carbonyl (C=O) groups excluding carboxylic acids is 3. The van der Waals surface area contributed by atoms with E-state index in [4.69, 9.17) is 10.8 Å². The van der Waals surface area contributed by atoms with Gasteiger partial charge in [0.1, 0.15) is 6.04 Å². The lowest BCUT2D eigenvalue weighted by Gasteiger charge is -2.46. The molecule has 1 aliphatic carbocycles. The van der Waals surface area contributed by atoms with Crippen molar-refractivity contribution in [1.82, 2.24) is 44.2 Å². The van der Waals surface area contributed by atoms with Crippen molar-refractivity contribution in [1.29, 1.82) is 0 Å². The first kappa shape index (κ1) is 38.3. The Morgan fingerprint density at radius 2 is 1.78 bits per heavy atom. The maximum atomic E-state index is 16.0. The predicted molar refractivity (Wildman–Crippen MR) is 221 cm³/mol. The molecule has 2 atom stereocenters. The number of halogens is 2. The van der Waals surface area contributed by atoms with Gasteiger partial charge in [-0.3, -0.25) is 38.6 Å². The molecule has 0 radical (unpaired) electrons. The van der Waals surface area contributed by atoms with E-state index in [0.29, 0.717) is 92.5 Å². The highest BCUT2D eigenvalue weighted by molar-refractivity contribution is 6.00. The van der Waals surface area contributed by atoms with Crippen molar-refractivity contribution < 1.29 is 23.2 Å². The summed E-state index contributed by atoms with van der Waals surface area (Å²) >= 11 is 0. The first-order valence-electron chi connectivity index (χ1n) is 20.9. The van der Waals surface area contributed by atoms with Gasteiger partial charge in [-0.1, -0.05) is 12.1 Å². The van der Waals surface area contributed by atoms with Crippen LogP contribution in [-0.2, 0) is 29.5 Å². The molecule has 0 spiro atoms. The Kier molecular flexibility index (Phi) is 9.38. The number of rotatable bonds is 9. The van der Waals surface area contributed by atoms with Crippen molar-refractivity contribution in [3.63, 3.8) is 0 Å². The van der Waals surface area contributed by atoms with Crippen LogP contribution in [-0.4, -0.2) is 122 Å². The molecule has 2 aromatic carbocycles. The summed E-state index contributed by atoms with van der Waals surface area (Å²) in [6, 6.07) is 12.2. The van der Waals surface area contributed by atoms with Crippen LogP contribution >= 0.6 is 0 Å². The average Bonchev–Trinajstić information content (AvgIpc) is 3.65. The molecule has 1 saturated carbocycles. The highest BCUT2D eigenvalue weighted by Crippen LogP contribution is 2.38. The standard InChI is InChI=1S/C42H48F2N12O4/c1-50-33-21-27(7-8-31(33)55(41(50)60)32-9-10-37(57)48-39(32)58)52-17-19-53(20-18-52)35-13-15-51(24-42(35,43)44)14-11-25-3-2-4-30-28(25)12-16-54(30)36-22-29(45)38-46-23-34(56(38)49-36)40(59)47-26-5-6-26/h2-4,7-8,21-23,26,32,35H,5-6,9-20,24,45H2,1H3,(H,47,59)(H,48,57,58). The van der Waals surface area contributed by atoms with Crippen LogP contribution in [0.5, 0.6) is 0 Å². The smallest absolute Gasteiger partial charge is 0.329 e. The molecule has 4 N–H and O–H groups in total. The van der Waals surface area contributed by atoms with E-state index >= 15 is 8.78 Å². The first-order valence-corrected chi connectivity index (χ1v) is 20.9. The summed E-state index contributed by atoms with van der Waals surface area (Å²) in [4.78, 5) is 62.9. The Hall–Kier alpha value is -5.88. The number of hydrogen-bond acceptors (Lipinski definition) is 11. The highest BCUT2D eigenvalue weighted by Gasteiger charge is 2.48. The SMILES string of the molecule is Cn1c(=O)n(C2CCC(=O)NC2=O)c2ccc(N3CCN(C4CCN(CCc5cccc6c5CCN6c5cc(N)c6ncc(C(=O)NC7CC7)n6n5)CC4(F)F)CC3)cc21. The average molecular weight is 823 g/mol. The van der Waals surface area contributed by atoms with E-state index in [0.717, 1.165) is 36.2 Å². The fraction of sp³-hybridized carbons (Fsp3) is 0.476. The van der Waals surface area contributed by atoms with Crippen molar-refractivity contribution in [3.8, 4) is 0 Å². The van der Waals surface area contributed by atoms with Crippen LogP contribution in [0.3, 0.4) is 0 Å². The van der Waals surface area contributed by atoms with Gasteiger partial charge in [0.2, 0.25) is 11.8 Å². The van der Waals surface area contributed by atoms with Crippen molar-refractivity contribution in [2.24, 2.45) is 7.05 Å². The number of piperazine rings is 1. The number of piperidine rings is 2. The number of benzene rings is 2. The molecular formula is C42H48F2N12O4. The molecule has 2 unspecified atom stereocenters. The number of nitrogens with one attached hydrogen (secondary N) is 2. The Morgan fingerprint density at radius 1 is 0.967 bits per heavy atom. The van der Waals surface area contributed by atoms with Gasteiger partial charge in [0.15, 0.2) is 17.2 Å². The van der Waals surface area contributed by atoms with Crippen molar-refractivity contribution in [2.45, 2.75) is 69.0 Å². The van der Waals surface area contributed by atoms with Gasteiger partial charge in [0.25, 0.3) is 11.8 Å². The first-order chi connectivity index (χ1) is 28.9. The number of hydrogen-bond donors (Lipinski definition) is 3. The predicted octanol–water partition coefficient (Wildman–Crippen LogP) is 2.60. The second kappa shape index (κ2) is 14.7. The number of likely N-dealkylation sites (tertiary alicyclic amines) is 1. The normalized spacial score (nSPS) is 22.4. The van der Waals surface area contributed by atoms with Gasteiger partial charge in [-0.25, -0.2) is 23.1 Å². The van der Waals surface area contributed by atoms with Gasteiger partial charge < -0.3 is 20.9 Å². The topological polar surface area (TPSA) is 171 Å². The molecular weight excluding hydrogens is 775 g/mol. The van der Waals surface area contributed by atoms with E-state index in [-0.39, 0.29) is 42.9 Å². The number of amides is 3. The number of nitrogens with zero attached hydrogens (tertiary/aromatic N) is 9. The summed E-state index contributed by atoms with van der Waals surface area (Å²) in [5.41, 5.74) is 12.7. The van der Waals surface area contributed by atoms with Crippen molar-refractivity contribution in [3.05, 3.63) is 76.0 Å². The molecule has 3 aromatic heterocycles. The number of alkyl halides is 2. The van der Waals surface area contributed by atoms with Crippen molar-refractivity contribution >= 4 is 57.3 Å². The molecule has 18 heteroatoms. The quantitative estimate of drug-likeness (QED) is 0.187. The molecule has 4 aliphatic heterocycles. The second-order valence-electron chi connectivity index (χ2n) is 16.9. The molecule has 0 bridgehead atoms. The lowest BCUT2D eigenvalue weighted by atomic mass is 9.96. The van der Waals surface area contributed by atoms with E-state index in [2.05, 4.69) is 31.5 Å². The van der Waals surface area contributed by atoms with Gasteiger partial charge in [0.05, 0.1) is 35.5 Å². The number of anilines is 4. The lowest BCUT2D eigenvalue weighted by Crippen LogP contribution is -2.62. The summed E-state index contributed by atoms with van der Waals surface area (Å²) in [7, 11) is 1.66. The Morgan fingerprint density at radius 3 is 2.55 bits per heavy atom. The molecule has 3 saturated heterocycles. The van der Waals surface area contributed by atoms with Crippen LogP contribution in [0.1, 0.15) is 59.8 Å². The third kappa shape index (κ3) is 6.74. The largest absolute Gasteiger partial charge is 0.396 e. The lowest BCUT2D eigenvalue weighted by molar-refractivity contribution is -0.135. The molecule has 314 valence electrons. The summed E-state index contributed by atoms with van der Waals surface area (Å²) in [6.07, 6.45) is 5.67. The van der Waals surface area contributed by atoms with Gasteiger partial charge in [-0.05, 0) is 73.9 Å². The molecule has 16 nitrogen and oxygen atoms in total. The molecule has 10 rings (SSSR count). The van der Waals surface area contributed by atoms with Crippen LogP contribution in [0.15, 0.2) is 53.5 Å². The number of fused-ring (bicyclic) bond motifs is 3. The van der Waals surface area contributed by atoms with Crippen LogP contribution in [0.25, 0.3) is 16.7 Å². The van der Waals surface area contributed by atoms with E-state index in [9.17, 15) is 19.2 Å². The van der Waals surface area contributed by atoms with Crippen LogP contribution in [0.4, 0.5) is 31.7 Å². The van der Waals surface area contributed by atoms with Gasteiger partial charge in [-0.15, -0.1) is 5.10 Å². The zero-order valence-electron chi connectivity index (χ0n) is 33.4. The van der Waals surface area contributed by atoms with Crippen molar-refractivity contribution in [2.75, 3.05) is 67.9 Å². The summed E-state index contributed by atoms with van der Waals surface area (Å²) in [6.45, 7) is 3.60. The maximum Gasteiger partial charge on any atom is 0.329 e. The Bertz CT molecular complexity index is 2610. The number of carbonyl (C=O) groups is 3. The third-order valence-electron chi connectivity index (χ3n) is 13.1. The minimum Gasteiger partial charge on any atom is -0.396 e. The number of aromatic nitrogens is 5. The van der Waals surface area contributed by atoms with Gasteiger partial charge in [0, 0.05) is 82.8 Å². The summed E-state index contributed by atoms with van der Waals surface area (Å²) in [5.74, 6) is -3.30. The second-order valence-corrected chi connectivity index (χ2v) is 16.9. The van der Waals surface area contributed by atoms with Crippen LogP contribution in [0.2, 0.25) is 0 Å². The summed E-state index contributed by atoms with van der Waals surface area (Å²) in [5, 5.41) is 10.1. The van der Waals surface area contributed by atoms with E-state index in [1.54, 1.807) is 13.1 Å². The minimum atomic E-state index is -2.88. The number of nitrogen functional groups attached to an aromatic ring is 1. The monoisotopic (exact) mass is 822 g/mol. The van der Waals surface area contributed by atoms with Crippen LogP contribution in [0, 0.1) is 0 Å². The van der Waals surface area contributed by atoms with Crippen LogP contribution < -0.4 is 31.9 Å². The number of nitrogens with two attached hydrogens (primary N) is 1. The third-order valence-corrected chi connectivity index (χ3v) is 13.1. The zero-order chi connectivity index (χ0) is 41.4. The molecule has 3 amide bonds. The van der Waals surface area contributed by atoms with Gasteiger partial charge in [-0.2, -0.15) is 0 Å². The fourth-order valence-corrected chi connectivity index (χ4v) is 9.72. The van der Waals surface area contributed by atoms with E-state index in [1.807, 2.05) is 40.1 Å². The molecule has 7 heterocycles. The number of imidazole rings is 2. The zero-order valence-corrected chi connectivity index (χ0v) is 33.4. The fourth-order valence-electron chi connectivity index (χ4n) is 9.72. The molecule has 60 heavy (non-hydrogen) atoms. The highest BCUT2D eigenvalue weighted by atomic mass is 19.3.